The monoisotopic (exact) mass is 228 g/mol. The summed E-state index contributed by atoms with van der Waals surface area (Å²) in [4.78, 5) is 0.533. The Bertz CT molecular complexity index is 228. The van der Waals surface area contributed by atoms with Gasteiger partial charge in [0, 0.05) is 4.83 Å². The van der Waals surface area contributed by atoms with Gasteiger partial charge in [0.15, 0.2) is 0 Å². The number of hydrogen-bond donors (Lipinski definition) is 0. The van der Waals surface area contributed by atoms with Gasteiger partial charge in [0.25, 0.3) is 0 Å². The van der Waals surface area contributed by atoms with Crippen molar-refractivity contribution in [2.24, 2.45) is 0 Å². The van der Waals surface area contributed by atoms with Crippen molar-refractivity contribution in [2.45, 2.75) is 18.2 Å². The number of hydrogen-bond acceptors (Lipinski definition) is 1. The Hall–Kier alpha value is -0.500. The van der Waals surface area contributed by atoms with Crippen molar-refractivity contribution in [3.05, 3.63) is 29.8 Å². The second kappa shape index (κ2) is 4.51. The molecule has 1 nitrogen and oxygen atoms in total. The summed E-state index contributed by atoms with van der Waals surface area (Å²) in [5.41, 5.74) is 1.33. The molecule has 0 radical (unpaired) electrons. The second-order valence-corrected chi connectivity index (χ2v) is 4.40. The molecule has 0 N–H and O–H groups in total. The number of methoxy groups -OCH3 is 1. The van der Waals surface area contributed by atoms with E-state index in [1.54, 1.807) is 7.11 Å². The molecule has 0 fully saturated rings. The van der Waals surface area contributed by atoms with Gasteiger partial charge in [0.1, 0.15) is 5.75 Å². The fraction of sp³-hybridized carbons (Fsp3) is 0.400. The number of alkyl halides is 1. The summed E-state index contributed by atoms with van der Waals surface area (Å²) in [6.45, 7) is 2.14. The van der Waals surface area contributed by atoms with E-state index in [1.165, 1.54) is 5.56 Å². The minimum atomic E-state index is 0.533. The highest BCUT2D eigenvalue weighted by molar-refractivity contribution is 9.09. The van der Waals surface area contributed by atoms with Gasteiger partial charge in [0.05, 0.1) is 7.11 Å². The molecule has 1 aromatic carbocycles. The average Bonchev–Trinajstić information content (AvgIpc) is 2.05. The van der Waals surface area contributed by atoms with Crippen molar-refractivity contribution in [2.75, 3.05) is 7.11 Å². The standard InChI is InChI=1S/C10H13BrO/c1-8(11)7-9-3-5-10(12-2)6-4-9/h3-6,8H,7H2,1-2H3/t8-/m1/s1. The third kappa shape index (κ3) is 2.86. The van der Waals surface area contributed by atoms with Gasteiger partial charge in [-0.1, -0.05) is 35.0 Å². The number of ether oxygens (including phenoxy) is 1. The normalized spacial score (nSPS) is 12.6. The van der Waals surface area contributed by atoms with Crippen LogP contribution in [0.4, 0.5) is 0 Å². The Morgan fingerprint density at radius 1 is 1.33 bits per heavy atom. The lowest BCUT2D eigenvalue weighted by Gasteiger charge is -2.04. The van der Waals surface area contributed by atoms with Crippen molar-refractivity contribution >= 4 is 15.9 Å². The summed E-state index contributed by atoms with van der Waals surface area (Å²) < 4.78 is 5.06. The summed E-state index contributed by atoms with van der Waals surface area (Å²) in [5, 5.41) is 0. The molecule has 0 spiro atoms. The SMILES string of the molecule is COc1ccc(C[C@@H](C)Br)cc1. The first kappa shape index (κ1) is 9.59. The molecule has 0 amide bonds. The van der Waals surface area contributed by atoms with E-state index in [2.05, 4.69) is 35.0 Å². The third-order valence-electron chi connectivity index (χ3n) is 1.68. The average molecular weight is 229 g/mol. The van der Waals surface area contributed by atoms with Crippen LogP contribution in [0, 0.1) is 0 Å². The molecule has 0 aliphatic heterocycles. The predicted molar refractivity (Wildman–Crippen MR) is 55.1 cm³/mol. The zero-order chi connectivity index (χ0) is 8.97. The van der Waals surface area contributed by atoms with Crippen LogP contribution in [0.15, 0.2) is 24.3 Å². The van der Waals surface area contributed by atoms with E-state index in [0.717, 1.165) is 12.2 Å². The molecule has 66 valence electrons. The lowest BCUT2D eigenvalue weighted by Crippen LogP contribution is -1.95. The Morgan fingerprint density at radius 3 is 2.33 bits per heavy atom. The van der Waals surface area contributed by atoms with E-state index < -0.39 is 0 Å². The van der Waals surface area contributed by atoms with Crippen LogP contribution in [0.1, 0.15) is 12.5 Å². The molecule has 0 heterocycles. The van der Waals surface area contributed by atoms with Gasteiger partial charge < -0.3 is 4.74 Å². The number of rotatable bonds is 3. The first-order valence-electron chi connectivity index (χ1n) is 3.99. The van der Waals surface area contributed by atoms with Crippen molar-refractivity contribution in [1.82, 2.24) is 0 Å². The minimum absolute atomic E-state index is 0.533. The molecular weight excluding hydrogens is 216 g/mol. The lowest BCUT2D eigenvalue weighted by molar-refractivity contribution is 0.414. The predicted octanol–water partition coefficient (Wildman–Crippen LogP) is 3.02. The minimum Gasteiger partial charge on any atom is -0.497 e. The molecule has 1 aromatic rings. The Balaban J connectivity index is 2.65. The van der Waals surface area contributed by atoms with Gasteiger partial charge in [-0.05, 0) is 24.1 Å². The van der Waals surface area contributed by atoms with E-state index >= 15 is 0 Å². The zero-order valence-electron chi connectivity index (χ0n) is 7.38. The third-order valence-corrected chi connectivity index (χ3v) is 2.00. The maximum atomic E-state index is 5.06. The molecule has 0 saturated carbocycles. The Kier molecular flexibility index (Phi) is 3.60. The van der Waals surface area contributed by atoms with Crippen LogP contribution < -0.4 is 4.74 Å². The smallest absolute Gasteiger partial charge is 0.118 e. The molecule has 0 bridgehead atoms. The molecule has 1 atom stereocenters. The molecular formula is C10H13BrO. The van der Waals surface area contributed by atoms with Gasteiger partial charge in [-0.3, -0.25) is 0 Å². The highest BCUT2D eigenvalue weighted by Gasteiger charge is 1.98. The topological polar surface area (TPSA) is 9.23 Å². The zero-order valence-corrected chi connectivity index (χ0v) is 8.97. The molecule has 0 saturated heterocycles. The Labute approximate surface area is 81.9 Å². The van der Waals surface area contributed by atoms with Crippen LogP contribution in [0.25, 0.3) is 0 Å². The van der Waals surface area contributed by atoms with E-state index in [4.69, 9.17) is 4.74 Å². The molecule has 2 heteroatoms. The van der Waals surface area contributed by atoms with E-state index in [0.29, 0.717) is 4.83 Å². The highest BCUT2D eigenvalue weighted by Crippen LogP contribution is 2.14. The second-order valence-electron chi connectivity index (χ2n) is 2.83. The largest absolute Gasteiger partial charge is 0.497 e. The molecule has 1 rings (SSSR count). The van der Waals surface area contributed by atoms with Crippen LogP contribution >= 0.6 is 15.9 Å². The van der Waals surface area contributed by atoms with Crippen LogP contribution in [0.2, 0.25) is 0 Å². The van der Waals surface area contributed by atoms with E-state index in [-0.39, 0.29) is 0 Å². The fourth-order valence-electron chi connectivity index (χ4n) is 1.09. The van der Waals surface area contributed by atoms with Gasteiger partial charge in [0.2, 0.25) is 0 Å². The molecule has 0 unspecified atom stereocenters. The van der Waals surface area contributed by atoms with E-state index in [9.17, 15) is 0 Å². The van der Waals surface area contributed by atoms with Crippen molar-refractivity contribution in [1.29, 1.82) is 0 Å². The molecule has 0 aliphatic carbocycles. The maximum absolute atomic E-state index is 5.06. The summed E-state index contributed by atoms with van der Waals surface area (Å²) in [5.74, 6) is 0.918. The van der Waals surface area contributed by atoms with E-state index in [1.807, 2.05) is 12.1 Å². The summed E-state index contributed by atoms with van der Waals surface area (Å²) >= 11 is 3.52. The lowest BCUT2D eigenvalue weighted by atomic mass is 10.1. The van der Waals surface area contributed by atoms with Gasteiger partial charge >= 0.3 is 0 Å². The molecule has 0 aromatic heterocycles. The van der Waals surface area contributed by atoms with Crippen molar-refractivity contribution < 1.29 is 4.74 Å². The maximum Gasteiger partial charge on any atom is 0.118 e. The fourth-order valence-corrected chi connectivity index (χ4v) is 1.46. The summed E-state index contributed by atoms with van der Waals surface area (Å²) in [7, 11) is 1.68. The van der Waals surface area contributed by atoms with Gasteiger partial charge in [-0.25, -0.2) is 0 Å². The molecule has 0 aliphatic rings. The Morgan fingerprint density at radius 2 is 1.92 bits per heavy atom. The first-order valence-corrected chi connectivity index (χ1v) is 4.91. The summed E-state index contributed by atoms with van der Waals surface area (Å²) in [6.07, 6.45) is 1.06. The van der Waals surface area contributed by atoms with Crippen LogP contribution in [0.3, 0.4) is 0 Å². The number of halogens is 1. The van der Waals surface area contributed by atoms with Crippen molar-refractivity contribution in [3.63, 3.8) is 0 Å². The quantitative estimate of drug-likeness (QED) is 0.724. The van der Waals surface area contributed by atoms with Gasteiger partial charge in [-0.15, -0.1) is 0 Å². The van der Waals surface area contributed by atoms with Crippen LogP contribution in [-0.4, -0.2) is 11.9 Å². The van der Waals surface area contributed by atoms with Gasteiger partial charge in [-0.2, -0.15) is 0 Å². The highest BCUT2D eigenvalue weighted by atomic mass is 79.9. The van der Waals surface area contributed by atoms with Crippen LogP contribution in [0.5, 0.6) is 5.75 Å². The van der Waals surface area contributed by atoms with Crippen LogP contribution in [-0.2, 0) is 6.42 Å². The summed E-state index contributed by atoms with van der Waals surface area (Å²) in [6, 6.07) is 8.17. The molecule has 12 heavy (non-hydrogen) atoms. The number of benzene rings is 1. The van der Waals surface area contributed by atoms with Crippen molar-refractivity contribution in [3.8, 4) is 5.75 Å². The first-order chi connectivity index (χ1) is 5.72.